The van der Waals surface area contributed by atoms with Crippen LogP contribution < -0.4 is 45.4 Å². The van der Waals surface area contributed by atoms with Crippen LogP contribution in [-0.4, -0.2) is 79.9 Å². The smallest absolute Gasteiger partial charge is 0.332 e. The lowest BCUT2D eigenvalue weighted by Gasteiger charge is -2.06. The van der Waals surface area contributed by atoms with Crippen LogP contribution in [0.5, 0.6) is 0 Å². The van der Waals surface area contributed by atoms with Gasteiger partial charge in [0.2, 0.25) is 0 Å². The quantitative estimate of drug-likeness (QED) is 0.0670. The number of aryl methyl sites for hydroxylation is 2. The van der Waals surface area contributed by atoms with Crippen LogP contribution in [0.25, 0.3) is 22.3 Å². The molecule has 0 amide bonds. The van der Waals surface area contributed by atoms with Gasteiger partial charge in [-0.3, -0.25) is 46.3 Å². The Morgan fingerprint density at radius 2 is 1.00 bits per heavy atom. The lowest BCUT2D eigenvalue weighted by molar-refractivity contribution is 0.352. The minimum atomic E-state index is -5.17. The molecule has 0 saturated carbocycles. The van der Waals surface area contributed by atoms with Crippen molar-refractivity contribution in [2.75, 3.05) is 13.1 Å². The maximum Gasteiger partial charge on any atom is 0.332 e. The Morgan fingerprint density at radius 3 is 1.28 bits per heavy atom. The van der Waals surface area contributed by atoms with E-state index in [4.69, 9.17) is 40.5 Å². The van der Waals surface area contributed by atoms with E-state index >= 15 is 0 Å². The monoisotopic (exact) mass is 626 g/mol. The molecule has 23 heteroatoms. The summed E-state index contributed by atoms with van der Waals surface area (Å²) < 4.78 is 42.1. The molecule has 0 saturated heterocycles. The highest BCUT2D eigenvalue weighted by Gasteiger charge is 2.14. The number of imidazole rings is 2. The molecule has 0 atom stereocenters. The normalized spacial score (nSPS) is 10.9. The summed E-state index contributed by atoms with van der Waals surface area (Å²) in [5.41, 5.74) is 20.7. The molecule has 4 aromatic heterocycles. The van der Waals surface area contributed by atoms with Crippen LogP contribution in [0, 0.1) is 0 Å². The highest BCUT2D eigenvalue weighted by Crippen LogP contribution is 2.06. The standard InChI is InChI=1S/2C10H15N7O2.H2O4S/c2*1-15-7-6(8(18)16(2)10(15)19)17(5-14-7)4-3-13-9(11)12;1-5(2,3)4/h2*5H,3-4H2,1-2H3,(H4,11,12,13);(H2,1,2,3,4)/p-2. The number of aromatic nitrogens is 8. The lowest BCUT2D eigenvalue weighted by atomic mass is 10.5. The number of hydrogen-bond acceptors (Lipinski definition) is 12. The van der Waals surface area contributed by atoms with Crippen LogP contribution in [0.15, 0.2) is 41.8 Å². The first-order valence-electron chi connectivity index (χ1n) is 11.9. The maximum absolute atomic E-state index is 12.1. The number of nitrogens with two attached hydrogens (primary N) is 4. The van der Waals surface area contributed by atoms with Crippen LogP contribution in [0.1, 0.15) is 0 Å². The van der Waals surface area contributed by atoms with E-state index in [0.717, 1.165) is 9.13 Å². The van der Waals surface area contributed by atoms with Crippen LogP contribution >= 0.6 is 0 Å². The summed E-state index contributed by atoms with van der Waals surface area (Å²) in [6, 6.07) is 0. The molecule has 236 valence electrons. The number of nitrogens with zero attached hydrogens (tertiary/aromatic N) is 10. The second-order valence-corrected chi connectivity index (χ2v) is 9.47. The fraction of sp³-hybridized carbons (Fsp3) is 0.400. The van der Waals surface area contributed by atoms with E-state index in [9.17, 15) is 19.2 Å². The Hall–Kier alpha value is -5.29. The molecule has 0 radical (unpaired) electrons. The second-order valence-electron chi connectivity index (χ2n) is 8.65. The molecule has 43 heavy (non-hydrogen) atoms. The van der Waals surface area contributed by atoms with Crippen molar-refractivity contribution in [3.8, 4) is 0 Å². The summed E-state index contributed by atoms with van der Waals surface area (Å²) in [5.74, 6) is -0.0190. The first kappa shape index (κ1) is 33.9. The number of hydrogen-bond donors (Lipinski definition) is 4. The predicted octanol–water partition coefficient (Wildman–Crippen LogP) is -5.92. The molecule has 0 aromatic carbocycles. The Bertz CT molecular complexity index is 1890. The van der Waals surface area contributed by atoms with Gasteiger partial charge < -0.3 is 41.2 Å². The first-order chi connectivity index (χ1) is 19.9. The van der Waals surface area contributed by atoms with Gasteiger partial charge in [0, 0.05) is 51.7 Å². The van der Waals surface area contributed by atoms with Crippen molar-refractivity contribution in [3.63, 3.8) is 0 Å². The minimum absolute atomic E-state index is 0.00952. The number of guanidine groups is 2. The highest BCUT2D eigenvalue weighted by molar-refractivity contribution is 7.79. The number of fused-ring (bicyclic) bond motifs is 2. The van der Waals surface area contributed by atoms with Crippen molar-refractivity contribution >= 4 is 44.6 Å². The molecule has 0 aliphatic rings. The summed E-state index contributed by atoms with van der Waals surface area (Å²) in [7, 11) is 0.823. The SMILES string of the molecule is Cn1c(=O)c2c(ncn2CCN=C(N)N)n(C)c1=O.Cn1c(=O)c2c(ncn2CCN=C(N)N)n(C)c1=O.O=S(=O)([O-])[O-]. The van der Waals surface area contributed by atoms with Gasteiger partial charge in [0.1, 0.15) is 0 Å². The first-order valence-corrected chi connectivity index (χ1v) is 13.2. The van der Waals surface area contributed by atoms with Crippen LogP contribution in [0.4, 0.5) is 0 Å². The van der Waals surface area contributed by atoms with Crippen molar-refractivity contribution in [3.05, 3.63) is 54.3 Å². The van der Waals surface area contributed by atoms with Crippen LogP contribution in [0.2, 0.25) is 0 Å². The topological polar surface area (TPSA) is 333 Å². The average molecular weight is 627 g/mol. The van der Waals surface area contributed by atoms with Crippen LogP contribution in [-0.2, 0) is 51.7 Å². The Balaban J connectivity index is 0.000000260. The minimum Gasteiger partial charge on any atom is -0.759 e. The van der Waals surface area contributed by atoms with Gasteiger partial charge in [-0.1, -0.05) is 0 Å². The third-order valence-corrected chi connectivity index (χ3v) is 5.70. The van der Waals surface area contributed by atoms with Crippen molar-refractivity contribution in [2.45, 2.75) is 13.1 Å². The summed E-state index contributed by atoms with van der Waals surface area (Å²) in [4.78, 5) is 63.5. The largest absolute Gasteiger partial charge is 0.759 e. The lowest BCUT2D eigenvalue weighted by Crippen LogP contribution is -2.37. The molecule has 22 nitrogen and oxygen atoms in total. The third kappa shape index (κ3) is 8.37. The van der Waals surface area contributed by atoms with Gasteiger partial charge in [-0.2, -0.15) is 0 Å². The van der Waals surface area contributed by atoms with Gasteiger partial charge in [0.25, 0.3) is 11.1 Å². The van der Waals surface area contributed by atoms with Gasteiger partial charge in [0.05, 0.1) is 25.7 Å². The fourth-order valence-electron chi connectivity index (χ4n) is 3.71. The van der Waals surface area contributed by atoms with Gasteiger partial charge >= 0.3 is 11.4 Å². The van der Waals surface area contributed by atoms with E-state index in [2.05, 4.69) is 20.0 Å². The third-order valence-electron chi connectivity index (χ3n) is 5.70. The van der Waals surface area contributed by atoms with E-state index in [1.54, 1.807) is 23.2 Å². The van der Waals surface area contributed by atoms with Crippen molar-refractivity contribution < 1.29 is 17.5 Å². The zero-order valence-electron chi connectivity index (χ0n) is 23.4. The summed E-state index contributed by atoms with van der Waals surface area (Å²) in [5, 5.41) is 0. The summed E-state index contributed by atoms with van der Waals surface area (Å²) in [6.45, 7) is 1.48. The summed E-state index contributed by atoms with van der Waals surface area (Å²) >= 11 is 0. The molecular formula is C20H30N14O8S-2. The van der Waals surface area contributed by atoms with Gasteiger partial charge in [0.15, 0.2) is 34.2 Å². The molecule has 4 heterocycles. The molecular weight excluding hydrogens is 596 g/mol. The van der Waals surface area contributed by atoms with E-state index in [-0.39, 0.29) is 23.0 Å². The number of aliphatic imine (C=N–C) groups is 2. The van der Waals surface area contributed by atoms with Crippen molar-refractivity contribution in [2.24, 2.45) is 61.1 Å². The van der Waals surface area contributed by atoms with Gasteiger partial charge in [-0.25, -0.2) is 19.6 Å². The molecule has 0 unspecified atom stereocenters. The molecule has 4 aromatic rings. The molecule has 8 N–H and O–H groups in total. The zero-order chi connectivity index (χ0) is 32.8. The second kappa shape index (κ2) is 13.6. The molecule has 0 aliphatic carbocycles. The highest BCUT2D eigenvalue weighted by atomic mass is 32.3. The van der Waals surface area contributed by atoms with Gasteiger partial charge in [-0.15, -0.1) is 0 Å². The zero-order valence-corrected chi connectivity index (χ0v) is 24.3. The molecule has 0 fully saturated rings. The van der Waals surface area contributed by atoms with E-state index in [0.29, 0.717) is 48.5 Å². The van der Waals surface area contributed by atoms with Crippen LogP contribution in [0.3, 0.4) is 0 Å². The Kier molecular flexibility index (Phi) is 10.7. The molecule has 4 rings (SSSR count). The van der Waals surface area contributed by atoms with E-state index in [1.165, 1.54) is 35.9 Å². The fourth-order valence-corrected chi connectivity index (χ4v) is 3.71. The Morgan fingerprint density at radius 1 is 0.698 bits per heavy atom. The van der Waals surface area contributed by atoms with Gasteiger partial charge in [-0.05, 0) is 0 Å². The molecule has 0 spiro atoms. The maximum atomic E-state index is 12.1. The van der Waals surface area contributed by atoms with Crippen molar-refractivity contribution in [1.82, 2.24) is 37.4 Å². The Labute approximate surface area is 241 Å². The van der Waals surface area contributed by atoms with E-state index in [1.807, 2.05) is 0 Å². The average Bonchev–Trinajstić information content (AvgIpc) is 3.52. The summed E-state index contributed by atoms with van der Waals surface area (Å²) in [6.07, 6.45) is 2.99. The predicted molar refractivity (Wildman–Crippen MR) is 152 cm³/mol. The molecule has 0 bridgehead atoms. The number of rotatable bonds is 6. The molecule has 0 aliphatic heterocycles. The van der Waals surface area contributed by atoms with Crippen molar-refractivity contribution in [1.29, 1.82) is 0 Å². The van der Waals surface area contributed by atoms with E-state index < -0.39 is 21.8 Å².